The highest BCUT2D eigenvalue weighted by Gasteiger charge is 2.33. The first-order valence-corrected chi connectivity index (χ1v) is 9.18. The van der Waals surface area contributed by atoms with Crippen LogP contribution in [0.5, 0.6) is 0 Å². The Morgan fingerprint density at radius 2 is 2.00 bits per heavy atom. The summed E-state index contributed by atoms with van der Waals surface area (Å²) in [5.74, 6) is 0.128. The lowest BCUT2D eigenvalue weighted by atomic mass is 10.1. The summed E-state index contributed by atoms with van der Waals surface area (Å²) >= 11 is 0. The summed E-state index contributed by atoms with van der Waals surface area (Å²) < 4.78 is 5.80. The van der Waals surface area contributed by atoms with E-state index >= 15 is 0 Å². The van der Waals surface area contributed by atoms with Crippen molar-refractivity contribution in [2.24, 2.45) is 0 Å². The number of nitrogens with one attached hydrogen (secondary N) is 1. The summed E-state index contributed by atoms with van der Waals surface area (Å²) in [6.07, 6.45) is 2.61. The molecular weight excluding hydrogens is 308 g/mol. The van der Waals surface area contributed by atoms with E-state index in [-0.39, 0.29) is 36.6 Å². The number of nitrogens with zero attached hydrogens (tertiary/aromatic N) is 3. The Morgan fingerprint density at radius 3 is 2.71 bits per heavy atom. The van der Waals surface area contributed by atoms with Gasteiger partial charge in [-0.1, -0.05) is 0 Å². The number of morpholine rings is 1. The SMILES string of the molecule is C[C@@H]1CN(C[C@H]2CCCN2C(=O)CN2CCNCC2=O)C[C@H](C)O1. The normalized spacial score (nSPS) is 32.4. The first-order chi connectivity index (χ1) is 11.5. The van der Waals surface area contributed by atoms with Gasteiger partial charge in [-0.25, -0.2) is 0 Å². The maximum absolute atomic E-state index is 12.7. The molecule has 0 aromatic heterocycles. The van der Waals surface area contributed by atoms with Gasteiger partial charge in [-0.05, 0) is 26.7 Å². The molecular formula is C17H30N4O3. The molecule has 7 heteroatoms. The fraction of sp³-hybridized carbons (Fsp3) is 0.882. The molecule has 0 unspecified atom stereocenters. The molecule has 3 saturated heterocycles. The smallest absolute Gasteiger partial charge is 0.242 e. The third kappa shape index (κ3) is 4.26. The maximum Gasteiger partial charge on any atom is 0.242 e. The minimum Gasteiger partial charge on any atom is -0.373 e. The van der Waals surface area contributed by atoms with Crippen LogP contribution in [0.4, 0.5) is 0 Å². The van der Waals surface area contributed by atoms with Crippen molar-refractivity contribution in [1.82, 2.24) is 20.0 Å². The number of piperazine rings is 1. The fourth-order valence-electron chi connectivity index (χ4n) is 4.15. The second kappa shape index (κ2) is 7.80. The third-order valence-corrected chi connectivity index (χ3v) is 5.18. The molecule has 0 spiro atoms. The van der Waals surface area contributed by atoms with E-state index in [1.54, 1.807) is 4.90 Å². The molecule has 3 heterocycles. The number of carbonyl (C=O) groups is 2. The highest BCUT2D eigenvalue weighted by molar-refractivity contribution is 5.86. The number of hydrogen-bond donors (Lipinski definition) is 1. The average Bonchev–Trinajstić information content (AvgIpc) is 2.96. The van der Waals surface area contributed by atoms with Gasteiger partial charge in [0.25, 0.3) is 0 Å². The first kappa shape index (κ1) is 17.6. The van der Waals surface area contributed by atoms with Gasteiger partial charge in [0.1, 0.15) is 0 Å². The molecule has 7 nitrogen and oxygen atoms in total. The number of ether oxygens (including phenoxy) is 1. The van der Waals surface area contributed by atoms with Crippen LogP contribution in [0.3, 0.4) is 0 Å². The number of hydrogen-bond acceptors (Lipinski definition) is 5. The van der Waals surface area contributed by atoms with E-state index in [4.69, 9.17) is 4.74 Å². The number of carbonyl (C=O) groups excluding carboxylic acids is 2. The van der Waals surface area contributed by atoms with Crippen LogP contribution in [0.1, 0.15) is 26.7 Å². The van der Waals surface area contributed by atoms with Gasteiger partial charge in [-0.2, -0.15) is 0 Å². The second-order valence-corrected chi connectivity index (χ2v) is 7.35. The molecule has 136 valence electrons. The Hall–Kier alpha value is -1.18. The highest BCUT2D eigenvalue weighted by atomic mass is 16.5. The van der Waals surface area contributed by atoms with Gasteiger partial charge in [0.15, 0.2) is 0 Å². The van der Waals surface area contributed by atoms with E-state index in [1.165, 1.54) is 0 Å². The first-order valence-electron chi connectivity index (χ1n) is 9.18. The molecule has 3 fully saturated rings. The quantitative estimate of drug-likeness (QED) is 0.750. The van der Waals surface area contributed by atoms with Gasteiger partial charge in [0, 0.05) is 45.3 Å². The average molecular weight is 338 g/mol. The molecule has 1 N–H and O–H groups in total. The number of amides is 2. The van der Waals surface area contributed by atoms with Crippen LogP contribution < -0.4 is 5.32 Å². The molecule has 2 amide bonds. The lowest BCUT2D eigenvalue weighted by molar-refractivity contribution is -0.142. The van der Waals surface area contributed by atoms with Crippen molar-refractivity contribution >= 4 is 11.8 Å². The van der Waals surface area contributed by atoms with Gasteiger partial charge >= 0.3 is 0 Å². The Balaban J connectivity index is 1.54. The minimum atomic E-state index is 0.0289. The maximum atomic E-state index is 12.7. The van der Waals surface area contributed by atoms with Crippen LogP contribution in [0.15, 0.2) is 0 Å². The fourth-order valence-corrected chi connectivity index (χ4v) is 4.15. The largest absolute Gasteiger partial charge is 0.373 e. The Kier molecular flexibility index (Phi) is 5.73. The zero-order valence-corrected chi connectivity index (χ0v) is 14.9. The van der Waals surface area contributed by atoms with Crippen LogP contribution >= 0.6 is 0 Å². The van der Waals surface area contributed by atoms with Crippen molar-refractivity contribution in [1.29, 1.82) is 0 Å². The zero-order valence-electron chi connectivity index (χ0n) is 14.9. The van der Waals surface area contributed by atoms with Gasteiger partial charge in [-0.15, -0.1) is 0 Å². The van der Waals surface area contributed by atoms with E-state index < -0.39 is 0 Å². The van der Waals surface area contributed by atoms with Crippen molar-refractivity contribution in [3.8, 4) is 0 Å². The molecule has 0 saturated carbocycles. The predicted molar refractivity (Wildman–Crippen MR) is 90.6 cm³/mol. The van der Waals surface area contributed by atoms with Crippen molar-refractivity contribution in [2.45, 2.75) is 44.9 Å². The van der Waals surface area contributed by atoms with Crippen molar-refractivity contribution in [3.05, 3.63) is 0 Å². The molecule has 0 bridgehead atoms. The van der Waals surface area contributed by atoms with Gasteiger partial charge in [0.05, 0.1) is 25.3 Å². The van der Waals surface area contributed by atoms with E-state index in [0.717, 1.165) is 45.6 Å². The molecule has 0 radical (unpaired) electrons. The molecule has 0 aromatic carbocycles. The molecule has 3 rings (SSSR count). The van der Waals surface area contributed by atoms with Crippen LogP contribution in [0.25, 0.3) is 0 Å². The van der Waals surface area contributed by atoms with Crippen molar-refractivity contribution in [2.75, 3.05) is 52.4 Å². The summed E-state index contributed by atoms with van der Waals surface area (Å²) in [6.45, 7) is 9.78. The third-order valence-electron chi connectivity index (χ3n) is 5.18. The van der Waals surface area contributed by atoms with Gasteiger partial charge < -0.3 is 19.9 Å². The molecule has 3 atom stereocenters. The summed E-state index contributed by atoms with van der Waals surface area (Å²) in [7, 11) is 0. The summed E-state index contributed by atoms with van der Waals surface area (Å²) in [5, 5.41) is 3.04. The summed E-state index contributed by atoms with van der Waals surface area (Å²) in [5.41, 5.74) is 0. The van der Waals surface area contributed by atoms with Crippen LogP contribution in [0.2, 0.25) is 0 Å². The lowest BCUT2D eigenvalue weighted by Gasteiger charge is -2.38. The monoisotopic (exact) mass is 338 g/mol. The molecule has 3 aliphatic rings. The zero-order chi connectivity index (χ0) is 17.1. The Bertz CT molecular complexity index is 463. The van der Waals surface area contributed by atoms with Gasteiger partial charge in [-0.3, -0.25) is 14.5 Å². The molecule has 24 heavy (non-hydrogen) atoms. The lowest BCUT2D eigenvalue weighted by Crippen LogP contribution is -2.54. The Labute approximate surface area is 144 Å². The Morgan fingerprint density at radius 1 is 1.25 bits per heavy atom. The number of rotatable bonds is 4. The minimum absolute atomic E-state index is 0.0289. The topological polar surface area (TPSA) is 65.1 Å². The summed E-state index contributed by atoms with van der Waals surface area (Å²) in [6, 6.07) is 0.271. The number of likely N-dealkylation sites (tertiary alicyclic amines) is 1. The molecule has 0 aliphatic carbocycles. The van der Waals surface area contributed by atoms with E-state index in [9.17, 15) is 9.59 Å². The van der Waals surface area contributed by atoms with Crippen LogP contribution in [-0.4, -0.2) is 97.1 Å². The van der Waals surface area contributed by atoms with Crippen LogP contribution in [-0.2, 0) is 14.3 Å². The van der Waals surface area contributed by atoms with Crippen molar-refractivity contribution in [3.63, 3.8) is 0 Å². The van der Waals surface area contributed by atoms with E-state index in [0.29, 0.717) is 13.1 Å². The van der Waals surface area contributed by atoms with Crippen LogP contribution in [0, 0.1) is 0 Å². The van der Waals surface area contributed by atoms with E-state index in [1.807, 2.05) is 4.90 Å². The van der Waals surface area contributed by atoms with E-state index in [2.05, 4.69) is 24.1 Å². The standard InChI is InChI=1S/C17H30N4O3/c1-13-9-19(10-14(2)24-13)11-15-4-3-6-21(15)17(23)12-20-7-5-18-8-16(20)22/h13-15,18H,3-12H2,1-2H3/t13-,14+,15-/m1/s1. The molecule has 0 aromatic rings. The second-order valence-electron chi connectivity index (χ2n) is 7.35. The molecule has 3 aliphatic heterocycles. The summed E-state index contributed by atoms with van der Waals surface area (Å²) in [4.78, 5) is 30.7. The highest BCUT2D eigenvalue weighted by Crippen LogP contribution is 2.21. The van der Waals surface area contributed by atoms with Gasteiger partial charge in [0.2, 0.25) is 11.8 Å². The van der Waals surface area contributed by atoms with Crippen molar-refractivity contribution < 1.29 is 14.3 Å². The predicted octanol–water partition coefficient (Wildman–Crippen LogP) is -0.482.